The number of methoxy groups -OCH3 is 1. The predicted molar refractivity (Wildman–Crippen MR) is 125 cm³/mol. The maximum atomic E-state index is 12.6. The van der Waals surface area contributed by atoms with E-state index in [1.54, 1.807) is 13.2 Å². The molecule has 3 aromatic rings. The number of hydrogen-bond donors (Lipinski definition) is 2. The lowest BCUT2D eigenvalue weighted by molar-refractivity contribution is -0.121. The third-order valence-corrected chi connectivity index (χ3v) is 6.08. The Morgan fingerprint density at radius 2 is 1.88 bits per heavy atom. The minimum absolute atomic E-state index is 0.0451. The summed E-state index contributed by atoms with van der Waals surface area (Å²) < 4.78 is 5.29. The van der Waals surface area contributed by atoms with Crippen molar-refractivity contribution in [3.05, 3.63) is 70.3 Å². The number of carbonyl (C=O) groups excluding carboxylic acids is 1. The van der Waals surface area contributed by atoms with Gasteiger partial charge in [0.2, 0.25) is 5.91 Å². The smallest absolute Gasteiger partial charge is 0.258 e. The van der Waals surface area contributed by atoms with Crippen LogP contribution in [0.15, 0.2) is 53.3 Å². The number of amides is 1. The summed E-state index contributed by atoms with van der Waals surface area (Å²) in [4.78, 5) is 34.6. The van der Waals surface area contributed by atoms with Gasteiger partial charge in [0.15, 0.2) is 0 Å². The molecule has 1 saturated heterocycles. The average Bonchev–Trinajstić information content (AvgIpc) is 2.84. The van der Waals surface area contributed by atoms with Crippen LogP contribution in [0.4, 0.5) is 0 Å². The van der Waals surface area contributed by atoms with Crippen LogP contribution in [-0.2, 0) is 11.2 Å². The second kappa shape index (κ2) is 10.4. The van der Waals surface area contributed by atoms with Crippen molar-refractivity contribution in [2.24, 2.45) is 0 Å². The lowest BCUT2D eigenvalue weighted by atomic mass is 10.0. The Hall–Kier alpha value is -3.19. The molecule has 1 aliphatic rings. The molecule has 0 bridgehead atoms. The van der Waals surface area contributed by atoms with Crippen LogP contribution in [0, 0.1) is 0 Å². The van der Waals surface area contributed by atoms with Gasteiger partial charge in [0.1, 0.15) is 11.6 Å². The molecule has 1 unspecified atom stereocenters. The Balaban J connectivity index is 1.39. The van der Waals surface area contributed by atoms with Gasteiger partial charge in [0, 0.05) is 19.4 Å². The summed E-state index contributed by atoms with van der Waals surface area (Å²) in [7, 11) is 1.66. The second-order valence-corrected chi connectivity index (χ2v) is 8.22. The first-order valence-corrected chi connectivity index (χ1v) is 11.3. The van der Waals surface area contributed by atoms with Crippen LogP contribution in [0.1, 0.15) is 43.1 Å². The van der Waals surface area contributed by atoms with Gasteiger partial charge in [0.05, 0.1) is 24.1 Å². The van der Waals surface area contributed by atoms with E-state index in [9.17, 15) is 9.59 Å². The second-order valence-electron chi connectivity index (χ2n) is 8.22. The van der Waals surface area contributed by atoms with Crippen molar-refractivity contribution in [1.82, 2.24) is 20.2 Å². The van der Waals surface area contributed by atoms with Crippen LogP contribution < -0.4 is 15.6 Å². The van der Waals surface area contributed by atoms with Gasteiger partial charge in [-0.2, -0.15) is 0 Å². The van der Waals surface area contributed by atoms with Crippen LogP contribution in [0.25, 0.3) is 10.9 Å². The molecule has 1 atom stereocenters. The molecule has 0 radical (unpaired) electrons. The summed E-state index contributed by atoms with van der Waals surface area (Å²) in [6.07, 6.45) is 4.29. The van der Waals surface area contributed by atoms with Gasteiger partial charge in [-0.1, -0.05) is 30.7 Å². The van der Waals surface area contributed by atoms with Crippen LogP contribution in [-0.4, -0.2) is 47.5 Å². The molecule has 1 aliphatic heterocycles. The number of nitrogens with zero attached hydrogens (tertiary/aromatic N) is 2. The number of para-hydroxylation sites is 1. The molecule has 32 heavy (non-hydrogen) atoms. The van der Waals surface area contributed by atoms with Crippen molar-refractivity contribution in [3.63, 3.8) is 0 Å². The SMILES string of the molecule is COc1ccc(C(CNC(=O)CCc2nc3ccccc3c(=O)[nH]2)N2CCCCC2)cc1. The van der Waals surface area contributed by atoms with Crippen LogP contribution in [0.2, 0.25) is 0 Å². The number of aromatic amines is 1. The van der Waals surface area contributed by atoms with Gasteiger partial charge in [-0.15, -0.1) is 0 Å². The van der Waals surface area contributed by atoms with Gasteiger partial charge in [-0.3, -0.25) is 14.5 Å². The van der Waals surface area contributed by atoms with Gasteiger partial charge in [-0.05, 0) is 55.8 Å². The first kappa shape index (κ1) is 22.0. The summed E-state index contributed by atoms with van der Waals surface area (Å²) in [5.74, 6) is 1.31. The number of fused-ring (bicyclic) bond motifs is 1. The van der Waals surface area contributed by atoms with Gasteiger partial charge >= 0.3 is 0 Å². The van der Waals surface area contributed by atoms with Crippen molar-refractivity contribution in [3.8, 4) is 5.75 Å². The standard InChI is InChI=1S/C25H30N4O3/c1-32-19-11-9-18(10-12-19)22(29-15-5-2-6-16-29)17-26-24(30)14-13-23-27-21-8-4-3-7-20(21)25(31)28-23/h3-4,7-12,22H,2,5-6,13-17H2,1H3,(H,26,30)(H,27,28,31). The highest BCUT2D eigenvalue weighted by Gasteiger charge is 2.23. The normalized spacial score (nSPS) is 15.4. The lowest BCUT2D eigenvalue weighted by Gasteiger charge is -2.35. The third kappa shape index (κ3) is 5.34. The fraction of sp³-hybridized carbons (Fsp3) is 0.400. The Labute approximate surface area is 187 Å². The van der Waals surface area contributed by atoms with Crippen LogP contribution >= 0.6 is 0 Å². The lowest BCUT2D eigenvalue weighted by Crippen LogP contribution is -2.40. The van der Waals surface area contributed by atoms with E-state index in [1.165, 1.54) is 24.8 Å². The summed E-state index contributed by atoms with van der Waals surface area (Å²) in [5.41, 5.74) is 1.65. The Bertz CT molecular complexity index is 1100. The molecule has 0 aliphatic carbocycles. The van der Waals surface area contributed by atoms with Crippen molar-refractivity contribution in [1.29, 1.82) is 0 Å². The number of H-pyrrole nitrogens is 1. The van der Waals surface area contributed by atoms with Crippen molar-refractivity contribution >= 4 is 16.8 Å². The van der Waals surface area contributed by atoms with Gasteiger partial charge < -0.3 is 15.0 Å². The number of ether oxygens (including phenoxy) is 1. The molecular weight excluding hydrogens is 404 g/mol. The highest BCUT2D eigenvalue weighted by molar-refractivity contribution is 5.78. The molecule has 1 aromatic heterocycles. The molecule has 1 fully saturated rings. The fourth-order valence-electron chi connectivity index (χ4n) is 4.30. The summed E-state index contributed by atoms with van der Waals surface area (Å²) in [6, 6.07) is 15.4. The minimum atomic E-state index is -0.171. The van der Waals surface area contributed by atoms with E-state index in [-0.39, 0.29) is 23.9 Å². The number of aromatic nitrogens is 2. The summed E-state index contributed by atoms with van der Waals surface area (Å²) in [5, 5.41) is 3.66. The van der Waals surface area contributed by atoms with Gasteiger partial charge in [-0.25, -0.2) is 4.98 Å². The number of nitrogens with one attached hydrogen (secondary N) is 2. The first-order valence-electron chi connectivity index (χ1n) is 11.3. The molecule has 2 heterocycles. The number of piperidine rings is 1. The van der Waals surface area contributed by atoms with Crippen LogP contribution in [0.3, 0.4) is 0 Å². The van der Waals surface area contributed by atoms with E-state index in [0.29, 0.717) is 29.7 Å². The van der Waals surface area contributed by atoms with Crippen molar-refractivity contribution in [2.45, 2.75) is 38.1 Å². The van der Waals surface area contributed by atoms with Crippen LogP contribution in [0.5, 0.6) is 5.75 Å². The van der Waals surface area contributed by atoms with E-state index in [2.05, 4.69) is 32.3 Å². The van der Waals surface area contributed by atoms with E-state index in [1.807, 2.05) is 30.3 Å². The Morgan fingerprint density at radius 3 is 2.62 bits per heavy atom. The molecular formula is C25H30N4O3. The molecule has 0 spiro atoms. The molecule has 7 heteroatoms. The van der Waals surface area contributed by atoms with E-state index in [4.69, 9.17) is 4.74 Å². The Kier molecular flexibility index (Phi) is 7.17. The summed E-state index contributed by atoms with van der Waals surface area (Å²) >= 11 is 0. The van der Waals surface area contributed by atoms with E-state index >= 15 is 0 Å². The number of carbonyl (C=O) groups is 1. The maximum absolute atomic E-state index is 12.6. The molecule has 4 rings (SSSR count). The van der Waals surface area contributed by atoms with Crippen molar-refractivity contribution in [2.75, 3.05) is 26.7 Å². The Morgan fingerprint density at radius 1 is 1.12 bits per heavy atom. The molecule has 2 N–H and O–H groups in total. The number of benzene rings is 2. The molecule has 2 aromatic carbocycles. The number of hydrogen-bond acceptors (Lipinski definition) is 5. The van der Waals surface area contributed by atoms with E-state index < -0.39 is 0 Å². The average molecular weight is 435 g/mol. The molecule has 168 valence electrons. The zero-order chi connectivity index (χ0) is 22.3. The van der Waals surface area contributed by atoms with E-state index in [0.717, 1.165) is 18.8 Å². The zero-order valence-electron chi connectivity index (χ0n) is 18.5. The highest BCUT2D eigenvalue weighted by atomic mass is 16.5. The number of likely N-dealkylation sites (tertiary alicyclic amines) is 1. The molecule has 7 nitrogen and oxygen atoms in total. The number of rotatable bonds is 8. The first-order chi connectivity index (χ1) is 15.6. The third-order valence-electron chi connectivity index (χ3n) is 6.08. The largest absolute Gasteiger partial charge is 0.497 e. The monoisotopic (exact) mass is 434 g/mol. The molecule has 0 saturated carbocycles. The topological polar surface area (TPSA) is 87.3 Å². The highest BCUT2D eigenvalue weighted by Crippen LogP contribution is 2.26. The fourth-order valence-corrected chi connectivity index (χ4v) is 4.30. The van der Waals surface area contributed by atoms with Crippen molar-refractivity contribution < 1.29 is 9.53 Å². The number of aryl methyl sites for hydroxylation is 1. The minimum Gasteiger partial charge on any atom is -0.497 e. The van der Waals surface area contributed by atoms with Gasteiger partial charge in [0.25, 0.3) is 5.56 Å². The summed E-state index contributed by atoms with van der Waals surface area (Å²) in [6.45, 7) is 2.62. The predicted octanol–water partition coefficient (Wildman–Crippen LogP) is 3.21. The zero-order valence-corrected chi connectivity index (χ0v) is 18.5. The maximum Gasteiger partial charge on any atom is 0.258 e. The molecule has 1 amide bonds. The quantitative estimate of drug-likeness (QED) is 0.569.